The number of thiazole rings is 1. The van der Waals surface area contributed by atoms with E-state index in [-0.39, 0.29) is 0 Å². The summed E-state index contributed by atoms with van der Waals surface area (Å²) in [6.45, 7) is 3.36. The van der Waals surface area contributed by atoms with Crippen molar-refractivity contribution in [3.8, 4) is 0 Å². The van der Waals surface area contributed by atoms with Crippen LogP contribution in [0.5, 0.6) is 0 Å². The van der Waals surface area contributed by atoms with E-state index in [1.165, 1.54) is 21.3 Å². The number of hydrogen-bond acceptors (Lipinski definition) is 4. The van der Waals surface area contributed by atoms with Crippen LogP contribution >= 0.6 is 11.3 Å². The maximum absolute atomic E-state index is 5.04. The van der Waals surface area contributed by atoms with Gasteiger partial charge in [0.15, 0.2) is 0 Å². The van der Waals surface area contributed by atoms with Crippen molar-refractivity contribution in [1.82, 2.24) is 14.9 Å². The van der Waals surface area contributed by atoms with Crippen LogP contribution in [0.25, 0.3) is 10.9 Å². The predicted molar refractivity (Wildman–Crippen MR) is 86.7 cm³/mol. The molecule has 21 heavy (non-hydrogen) atoms. The molecule has 5 heteroatoms. The molecule has 4 nitrogen and oxygen atoms in total. The van der Waals surface area contributed by atoms with Crippen molar-refractivity contribution in [3.05, 3.63) is 52.6 Å². The molecule has 0 aliphatic heterocycles. The van der Waals surface area contributed by atoms with Gasteiger partial charge in [0.1, 0.15) is 0 Å². The van der Waals surface area contributed by atoms with Gasteiger partial charge < -0.3 is 14.6 Å². The largest absolute Gasteiger partial charge is 0.383 e. The zero-order valence-corrected chi connectivity index (χ0v) is 12.9. The quantitative estimate of drug-likeness (QED) is 0.682. The molecule has 2 heterocycles. The van der Waals surface area contributed by atoms with Crippen LogP contribution in [0.4, 0.5) is 0 Å². The number of hydrogen-bond donors (Lipinski definition) is 1. The topological polar surface area (TPSA) is 39.1 Å². The summed E-state index contributed by atoms with van der Waals surface area (Å²) in [6.07, 6.45) is 4.08. The number of fused-ring (bicyclic) bond motifs is 1. The number of nitrogens with zero attached hydrogens (tertiary/aromatic N) is 2. The van der Waals surface area contributed by atoms with Gasteiger partial charge >= 0.3 is 0 Å². The molecule has 0 unspecified atom stereocenters. The summed E-state index contributed by atoms with van der Waals surface area (Å²) in [5, 5.41) is 4.66. The van der Waals surface area contributed by atoms with E-state index in [1.807, 2.05) is 11.7 Å². The zero-order valence-electron chi connectivity index (χ0n) is 12.1. The average Bonchev–Trinajstić information content (AvgIpc) is 3.14. The lowest BCUT2D eigenvalue weighted by Gasteiger charge is -2.07. The minimum Gasteiger partial charge on any atom is -0.383 e. The first-order valence-electron chi connectivity index (χ1n) is 7.01. The van der Waals surface area contributed by atoms with Crippen LogP contribution < -0.4 is 5.32 Å². The van der Waals surface area contributed by atoms with Gasteiger partial charge in [0, 0.05) is 43.0 Å². The second-order valence-corrected chi connectivity index (χ2v) is 5.95. The van der Waals surface area contributed by atoms with Crippen LogP contribution in [-0.4, -0.2) is 29.8 Å². The summed E-state index contributed by atoms with van der Waals surface area (Å²) in [5.74, 6) is 0. The van der Waals surface area contributed by atoms with Crippen molar-refractivity contribution < 1.29 is 4.74 Å². The molecular weight excluding hydrogens is 282 g/mol. The third kappa shape index (κ3) is 3.50. The highest BCUT2D eigenvalue weighted by atomic mass is 32.1. The minimum absolute atomic E-state index is 0.740. The molecule has 3 rings (SSSR count). The fraction of sp³-hybridized carbons (Fsp3) is 0.312. The SMILES string of the molecule is COCCNCc1ccc2ccn(Cc3cncs3)c2c1. The summed E-state index contributed by atoms with van der Waals surface area (Å²) >= 11 is 1.70. The van der Waals surface area contributed by atoms with Gasteiger partial charge in [0.2, 0.25) is 0 Å². The maximum Gasteiger partial charge on any atom is 0.0794 e. The highest BCUT2D eigenvalue weighted by Crippen LogP contribution is 2.20. The molecule has 0 bridgehead atoms. The van der Waals surface area contributed by atoms with Crippen molar-refractivity contribution in [2.75, 3.05) is 20.3 Å². The Hall–Kier alpha value is -1.69. The van der Waals surface area contributed by atoms with E-state index in [0.717, 1.165) is 26.2 Å². The van der Waals surface area contributed by atoms with Gasteiger partial charge in [-0.2, -0.15) is 0 Å². The van der Waals surface area contributed by atoms with Crippen molar-refractivity contribution in [3.63, 3.8) is 0 Å². The molecule has 0 saturated carbocycles. The van der Waals surface area contributed by atoms with Crippen molar-refractivity contribution in [1.29, 1.82) is 0 Å². The summed E-state index contributed by atoms with van der Waals surface area (Å²) in [4.78, 5) is 5.42. The number of benzene rings is 1. The molecule has 3 aromatic rings. The van der Waals surface area contributed by atoms with E-state index in [4.69, 9.17) is 4.74 Å². The first-order chi connectivity index (χ1) is 10.4. The molecule has 0 fully saturated rings. The fourth-order valence-electron chi connectivity index (χ4n) is 2.37. The van der Waals surface area contributed by atoms with Crippen molar-refractivity contribution >= 4 is 22.2 Å². The van der Waals surface area contributed by atoms with Crippen LogP contribution in [0, 0.1) is 0 Å². The lowest BCUT2D eigenvalue weighted by molar-refractivity contribution is 0.199. The fourth-order valence-corrected chi connectivity index (χ4v) is 2.96. The highest BCUT2D eigenvalue weighted by Gasteiger charge is 2.04. The zero-order chi connectivity index (χ0) is 14.5. The number of rotatable bonds is 7. The monoisotopic (exact) mass is 301 g/mol. The number of ether oxygens (including phenoxy) is 1. The van der Waals surface area contributed by atoms with Gasteiger partial charge in [-0.1, -0.05) is 12.1 Å². The molecule has 0 saturated heterocycles. The van der Waals surface area contributed by atoms with Crippen LogP contribution in [0.2, 0.25) is 0 Å². The van der Waals surface area contributed by atoms with E-state index in [9.17, 15) is 0 Å². The number of aromatic nitrogens is 2. The van der Waals surface area contributed by atoms with Gasteiger partial charge in [0.05, 0.1) is 18.7 Å². The molecule has 0 aliphatic carbocycles. The molecule has 2 aromatic heterocycles. The van der Waals surface area contributed by atoms with E-state index in [2.05, 4.69) is 45.3 Å². The summed E-state index contributed by atoms with van der Waals surface area (Å²) in [5.41, 5.74) is 4.45. The van der Waals surface area contributed by atoms with Gasteiger partial charge in [-0.15, -0.1) is 11.3 Å². The Labute approximate surface area is 128 Å². The van der Waals surface area contributed by atoms with E-state index >= 15 is 0 Å². The summed E-state index contributed by atoms with van der Waals surface area (Å²) in [7, 11) is 1.72. The Bertz CT molecular complexity index is 691. The standard InChI is InChI=1S/C16H19N3OS/c1-20-7-5-17-9-13-2-3-14-4-6-19(16(14)8-13)11-15-10-18-12-21-15/h2-4,6,8,10,12,17H,5,7,9,11H2,1H3. The molecular formula is C16H19N3OS. The summed E-state index contributed by atoms with van der Waals surface area (Å²) < 4.78 is 7.32. The Morgan fingerprint density at radius 2 is 2.29 bits per heavy atom. The molecule has 0 aliphatic rings. The smallest absolute Gasteiger partial charge is 0.0794 e. The Morgan fingerprint density at radius 1 is 1.33 bits per heavy atom. The molecule has 0 radical (unpaired) electrons. The van der Waals surface area contributed by atoms with E-state index in [0.29, 0.717) is 0 Å². The minimum atomic E-state index is 0.740. The third-order valence-corrected chi connectivity index (χ3v) is 4.22. The molecule has 0 amide bonds. The molecule has 1 aromatic carbocycles. The van der Waals surface area contributed by atoms with Gasteiger partial charge in [0.25, 0.3) is 0 Å². The Kier molecular flexibility index (Phi) is 4.65. The predicted octanol–water partition coefficient (Wildman–Crippen LogP) is 2.88. The second-order valence-electron chi connectivity index (χ2n) is 4.97. The van der Waals surface area contributed by atoms with E-state index < -0.39 is 0 Å². The Balaban J connectivity index is 1.75. The first kappa shape index (κ1) is 14.3. The molecule has 0 spiro atoms. The summed E-state index contributed by atoms with van der Waals surface area (Å²) in [6, 6.07) is 8.79. The number of nitrogens with one attached hydrogen (secondary N) is 1. The lowest BCUT2D eigenvalue weighted by Crippen LogP contribution is -2.18. The Morgan fingerprint density at radius 3 is 3.10 bits per heavy atom. The molecule has 110 valence electrons. The van der Waals surface area contributed by atoms with Crippen LogP contribution in [0.15, 0.2) is 42.2 Å². The average molecular weight is 301 g/mol. The number of methoxy groups -OCH3 is 1. The van der Waals surface area contributed by atoms with Gasteiger partial charge in [-0.05, 0) is 23.1 Å². The second kappa shape index (κ2) is 6.85. The first-order valence-corrected chi connectivity index (χ1v) is 7.89. The van der Waals surface area contributed by atoms with Crippen LogP contribution in [-0.2, 0) is 17.8 Å². The van der Waals surface area contributed by atoms with Crippen LogP contribution in [0.1, 0.15) is 10.4 Å². The van der Waals surface area contributed by atoms with Crippen LogP contribution in [0.3, 0.4) is 0 Å². The van der Waals surface area contributed by atoms with Crippen molar-refractivity contribution in [2.24, 2.45) is 0 Å². The lowest BCUT2D eigenvalue weighted by atomic mass is 10.1. The molecule has 1 N–H and O–H groups in total. The third-order valence-electron chi connectivity index (χ3n) is 3.46. The maximum atomic E-state index is 5.04. The molecule has 0 atom stereocenters. The van der Waals surface area contributed by atoms with Gasteiger partial charge in [-0.25, -0.2) is 0 Å². The highest BCUT2D eigenvalue weighted by molar-refractivity contribution is 7.09. The normalized spacial score (nSPS) is 11.3. The van der Waals surface area contributed by atoms with Crippen molar-refractivity contribution in [2.45, 2.75) is 13.1 Å². The van der Waals surface area contributed by atoms with Gasteiger partial charge in [-0.3, -0.25) is 4.98 Å². The van der Waals surface area contributed by atoms with E-state index in [1.54, 1.807) is 18.4 Å².